The number of alkyl halides is 3. The molecule has 1 heterocycles. The van der Waals surface area contributed by atoms with Crippen molar-refractivity contribution in [2.75, 3.05) is 17.2 Å². The van der Waals surface area contributed by atoms with E-state index in [0.29, 0.717) is 11.8 Å². The van der Waals surface area contributed by atoms with Crippen molar-refractivity contribution in [3.63, 3.8) is 0 Å². The number of benzene rings is 1. The molecular weight excluding hydrogens is 282 g/mol. The highest BCUT2D eigenvalue weighted by Crippen LogP contribution is 2.36. The van der Waals surface area contributed by atoms with Crippen LogP contribution in [0.1, 0.15) is 12.0 Å². The fourth-order valence-corrected chi connectivity index (χ4v) is 2.33. The first-order valence-electron chi connectivity index (χ1n) is 5.61. The van der Waals surface area contributed by atoms with Gasteiger partial charge in [0.15, 0.2) is 5.82 Å². The van der Waals surface area contributed by atoms with E-state index in [0.717, 1.165) is 11.0 Å². The molecule has 7 heteroatoms. The van der Waals surface area contributed by atoms with Gasteiger partial charge in [0.05, 0.1) is 11.3 Å². The van der Waals surface area contributed by atoms with E-state index in [1.54, 1.807) is 0 Å². The number of thiol groups is 1. The van der Waals surface area contributed by atoms with Gasteiger partial charge in [0, 0.05) is 13.0 Å². The minimum atomic E-state index is -4.77. The van der Waals surface area contributed by atoms with Crippen LogP contribution in [0, 0.1) is 11.7 Å². The van der Waals surface area contributed by atoms with Crippen molar-refractivity contribution in [1.29, 1.82) is 0 Å². The van der Waals surface area contributed by atoms with Gasteiger partial charge in [-0.05, 0) is 23.8 Å². The monoisotopic (exact) mass is 293 g/mol. The molecule has 0 saturated carbocycles. The van der Waals surface area contributed by atoms with E-state index in [9.17, 15) is 22.4 Å². The Labute approximate surface area is 112 Å². The molecule has 1 atom stereocenters. The third-order valence-electron chi connectivity index (χ3n) is 3.04. The molecule has 0 aromatic heterocycles. The summed E-state index contributed by atoms with van der Waals surface area (Å²) in [6.45, 7) is 0.195. The second-order valence-electron chi connectivity index (χ2n) is 4.39. The van der Waals surface area contributed by atoms with E-state index in [1.165, 1.54) is 6.07 Å². The normalized spacial score (nSPS) is 20.2. The number of carbonyl (C=O) groups is 1. The Hall–Kier alpha value is -1.24. The summed E-state index contributed by atoms with van der Waals surface area (Å²) in [5.41, 5.74) is -1.67. The molecule has 1 aliphatic heterocycles. The molecule has 1 aliphatic rings. The lowest BCUT2D eigenvalue weighted by molar-refractivity contribution is -0.140. The minimum absolute atomic E-state index is 0.0650. The Morgan fingerprint density at radius 2 is 2.05 bits per heavy atom. The summed E-state index contributed by atoms with van der Waals surface area (Å²) in [6, 6.07) is 2.95. The van der Waals surface area contributed by atoms with Crippen molar-refractivity contribution in [1.82, 2.24) is 0 Å². The quantitative estimate of drug-likeness (QED) is 0.656. The molecule has 0 spiro atoms. The molecule has 1 unspecified atom stereocenters. The average molecular weight is 293 g/mol. The van der Waals surface area contributed by atoms with Gasteiger partial charge in [-0.15, -0.1) is 0 Å². The highest BCUT2D eigenvalue weighted by molar-refractivity contribution is 7.80. The number of amides is 1. The lowest BCUT2D eigenvalue weighted by atomic mass is 10.1. The molecule has 1 aromatic rings. The first-order valence-corrected chi connectivity index (χ1v) is 6.24. The van der Waals surface area contributed by atoms with Crippen LogP contribution in [0.2, 0.25) is 0 Å². The third-order valence-corrected chi connectivity index (χ3v) is 3.55. The van der Waals surface area contributed by atoms with Crippen LogP contribution in [-0.2, 0) is 11.0 Å². The van der Waals surface area contributed by atoms with Gasteiger partial charge in [0.1, 0.15) is 0 Å². The SMILES string of the molecule is O=C1CC(CS)CN1c1cccc(C(F)(F)F)c1F. The van der Waals surface area contributed by atoms with Crippen LogP contribution in [0.4, 0.5) is 23.2 Å². The first kappa shape index (κ1) is 14.2. The maximum absolute atomic E-state index is 13.9. The molecule has 1 fully saturated rings. The fraction of sp³-hybridized carbons (Fsp3) is 0.417. The minimum Gasteiger partial charge on any atom is -0.309 e. The van der Waals surface area contributed by atoms with Gasteiger partial charge in [-0.3, -0.25) is 4.79 Å². The van der Waals surface area contributed by atoms with Crippen LogP contribution in [0.3, 0.4) is 0 Å². The van der Waals surface area contributed by atoms with Crippen molar-refractivity contribution >= 4 is 24.2 Å². The summed E-state index contributed by atoms with van der Waals surface area (Å²) >= 11 is 4.05. The predicted molar refractivity (Wildman–Crippen MR) is 65.7 cm³/mol. The number of rotatable bonds is 2. The number of carbonyl (C=O) groups excluding carboxylic acids is 1. The molecular formula is C12H11F4NOS. The zero-order valence-electron chi connectivity index (χ0n) is 9.75. The zero-order chi connectivity index (χ0) is 14.2. The second-order valence-corrected chi connectivity index (χ2v) is 4.76. The zero-order valence-corrected chi connectivity index (χ0v) is 10.6. The number of halogens is 4. The molecule has 1 aromatic carbocycles. The summed E-state index contributed by atoms with van der Waals surface area (Å²) in [5.74, 6) is -1.41. The molecule has 19 heavy (non-hydrogen) atoms. The predicted octanol–water partition coefficient (Wildman–Crippen LogP) is 3.13. The Morgan fingerprint density at radius 3 is 2.58 bits per heavy atom. The highest BCUT2D eigenvalue weighted by atomic mass is 32.1. The largest absolute Gasteiger partial charge is 0.419 e. The summed E-state index contributed by atoms with van der Waals surface area (Å²) in [5, 5.41) is 0. The van der Waals surface area contributed by atoms with Crippen LogP contribution in [0.25, 0.3) is 0 Å². The number of anilines is 1. The highest BCUT2D eigenvalue weighted by Gasteiger charge is 2.38. The van der Waals surface area contributed by atoms with Crippen molar-refractivity contribution < 1.29 is 22.4 Å². The van der Waals surface area contributed by atoms with Gasteiger partial charge < -0.3 is 4.90 Å². The lowest BCUT2D eigenvalue weighted by Crippen LogP contribution is -2.26. The standard InChI is InChI=1S/C12H11F4NOS/c13-11-8(12(14,15)16)2-1-3-9(11)17-5-7(6-19)4-10(17)18/h1-3,7,19H,4-6H2. The average Bonchev–Trinajstić information content (AvgIpc) is 2.69. The number of hydrogen-bond acceptors (Lipinski definition) is 2. The van der Waals surface area contributed by atoms with Crippen LogP contribution >= 0.6 is 12.6 Å². The van der Waals surface area contributed by atoms with E-state index in [2.05, 4.69) is 12.6 Å². The summed E-state index contributed by atoms with van der Waals surface area (Å²) in [4.78, 5) is 12.8. The third kappa shape index (κ3) is 2.70. The van der Waals surface area contributed by atoms with Gasteiger partial charge in [0.2, 0.25) is 5.91 Å². The molecule has 0 aliphatic carbocycles. The molecule has 0 N–H and O–H groups in total. The molecule has 2 rings (SSSR count). The second kappa shape index (κ2) is 5.03. The maximum atomic E-state index is 13.9. The molecule has 0 bridgehead atoms. The van der Waals surface area contributed by atoms with Crippen molar-refractivity contribution in [3.8, 4) is 0 Å². The van der Waals surface area contributed by atoms with Gasteiger partial charge in [-0.25, -0.2) is 4.39 Å². The molecule has 1 saturated heterocycles. The van der Waals surface area contributed by atoms with E-state index >= 15 is 0 Å². The van der Waals surface area contributed by atoms with E-state index in [-0.39, 0.29) is 30.5 Å². The molecule has 1 amide bonds. The topological polar surface area (TPSA) is 20.3 Å². The maximum Gasteiger partial charge on any atom is 0.419 e. The summed E-state index contributed by atoms with van der Waals surface area (Å²) < 4.78 is 51.7. The molecule has 2 nitrogen and oxygen atoms in total. The van der Waals surface area contributed by atoms with Crippen LogP contribution in [-0.4, -0.2) is 18.2 Å². The van der Waals surface area contributed by atoms with Crippen LogP contribution in [0.5, 0.6) is 0 Å². The Bertz CT molecular complexity index is 503. The van der Waals surface area contributed by atoms with Gasteiger partial charge >= 0.3 is 6.18 Å². The smallest absolute Gasteiger partial charge is 0.309 e. The summed E-state index contributed by atoms with van der Waals surface area (Å²) in [6.07, 6.45) is -4.59. The van der Waals surface area contributed by atoms with Crippen molar-refractivity contribution in [2.24, 2.45) is 5.92 Å². The number of nitrogens with zero attached hydrogens (tertiary/aromatic N) is 1. The summed E-state index contributed by atoms with van der Waals surface area (Å²) in [7, 11) is 0. The van der Waals surface area contributed by atoms with Crippen molar-refractivity contribution in [2.45, 2.75) is 12.6 Å². The van der Waals surface area contributed by atoms with E-state index < -0.39 is 17.6 Å². The van der Waals surface area contributed by atoms with Gasteiger partial charge in [-0.1, -0.05) is 6.07 Å². The Kier molecular flexibility index (Phi) is 3.75. The van der Waals surface area contributed by atoms with Crippen molar-refractivity contribution in [3.05, 3.63) is 29.6 Å². The Balaban J connectivity index is 2.39. The molecule has 104 valence electrons. The molecule has 0 radical (unpaired) electrons. The van der Waals surface area contributed by atoms with Crippen LogP contribution in [0.15, 0.2) is 18.2 Å². The lowest BCUT2D eigenvalue weighted by Gasteiger charge is -2.19. The fourth-order valence-electron chi connectivity index (χ4n) is 2.08. The van der Waals surface area contributed by atoms with Gasteiger partial charge in [0.25, 0.3) is 0 Å². The first-order chi connectivity index (χ1) is 8.84. The number of hydrogen-bond donors (Lipinski definition) is 1. The van der Waals surface area contributed by atoms with E-state index in [4.69, 9.17) is 0 Å². The van der Waals surface area contributed by atoms with Crippen LogP contribution < -0.4 is 4.90 Å². The van der Waals surface area contributed by atoms with Gasteiger partial charge in [-0.2, -0.15) is 25.8 Å². The van der Waals surface area contributed by atoms with E-state index in [1.807, 2.05) is 0 Å². The Morgan fingerprint density at radius 1 is 1.37 bits per heavy atom.